The standard InChI is InChI=1S/C15H13F4NO2S/c1-9-3-5-11(6-4-9)23(21,22)20-13-8-7-12(16)10(2)14(13)15(17,18)19/h3-8,20H,1-2H3. The molecule has 0 unspecified atom stereocenters. The maximum atomic E-state index is 13.4. The summed E-state index contributed by atoms with van der Waals surface area (Å²) < 4.78 is 79.1. The number of nitrogens with one attached hydrogen (secondary N) is 1. The summed E-state index contributed by atoms with van der Waals surface area (Å²) >= 11 is 0. The van der Waals surface area contributed by atoms with E-state index < -0.39 is 38.8 Å². The summed E-state index contributed by atoms with van der Waals surface area (Å²) in [6, 6.07) is 7.15. The Bertz CT molecular complexity index is 828. The largest absolute Gasteiger partial charge is 0.418 e. The minimum atomic E-state index is -4.89. The SMILES string of the molecule is Cc1ccc(S(=O)(=O)Nc2ccc(F)c(C)c2C(F)(F)F)cc1. The van der Waals surface area contributed by atoms with Crippen LogP contribution in [0.1, 0.15) is 16.7 Å². The van der Waals surface area contributed by atoms with E-state index in [0.29, 0.717) is 0 Å². The molecule has 124 valence electrons. The quantitative estimate of drug-likeness (QED) is 0.843. The summed E-state index contributed by atoms with van der Waals surface area (Å²) in [5, 5.41) is 0. The zero-order valence-corrected chi connectivity index (χ0v) is 13.0. The van der Waals surface area contributed by atoms with Gasteiger partial charge in [0.05, 0.1) is 16.1 Å². The van der Waals surface area contributed by atoms with E-state index in [4.69, 9.17) is 0 Å². The smallest absolute Gasteiger partial charge is 0.279 e. The van der Waals surface area contributed by atoms with Crippen LogP contribution in [0.2, 0.25) is 0 Å². The highest BCUT2D eigenvalue weighted by Gasteiger charge is 2.37. The van der Waals surface area contributed by atoms with Crippen molar-refractivity contribution in [3.8, 4) is 0 Å². The molecule has 3 nitrogen and oxygen atoms in total. The lowest BCUT2D eigenvalue weighted by Crippen LogP contribution is -2.18. The number of hydrogen-bond acceptors (Lipinski definition) is 2. The molecule has 23 heavy (non-hydrogen) atoms. The van der Waals surface area contributed by atoms with Gasteiger partial charge in [-0.15, -0.1) is 0 Å². The van der Waals surface area contributed by atoms with Crippen molar-refractivity contribution in [2.24, 2.45) is 0 Å². The Morgan fingerprint density at radius 3 is 2.04 bits per heavy atom. The van der Waals surface area contributed by atoms with Crippen molar-refractivity contribution in [1.82, 2.24) is 0 Å². The minimum Gasteiger partial charge on any atom is -0.279 e. The second kappa shape index (κ2) is 5.84. The van der Waals surface area contributed by atoms with Gasteiger partial charge in [0.2, 0.25) is 0 Å². The van der Waals surface area contributed by atoms with Crippen LogP contribution >= 0.6 is 0 Å². The number of rotatable bonds is 3. The van der Waals surface area contributed by atoms with E-state index in [1.807, 2.05) is 4.72 Å². The van der Waals surface area contributed by atoms with Crippen LogP contribution in [-0.2, 0) is 16.2 Å². The van der Waals surface area contributed by atoms with Crippen LogP contribution in [0.3, 0.4) is 0 Å². The van der Waals surface area contributed by atoms with Gasteiger partial charge in [-0.25, -0.2) is 12.8 Å². The first-order valence-electron chi connectivity index (χ1n) is 6.48. The third-order valence-corrected chi connectivity index (χ3v) is 4.64. The molecule has 0 heterocycles. The van der Waals surface area contributed by atoms with Gasteiger partial charge in [-0.2, -0.15) is 13.2 Å². The number of benzene rings is 2. The number of halogens is 4. The Balaban J connectivity index is 2.52. The summed E-state index contributed by atoms with van der Waals surface area (Å²) in [6.07, 6.45) is -4.89. The van der Waals surface area contributed by atoms with Gasteiger partial charge in [-0.05, 0) is 43.7 Å². The number of alkyl halides is 3. The Morgan fingerprint density at radius 1 is 0.957 bits per heavy atom. The third kappa shape index (κ3) is 3.64. The predicted molar refractivity (Wildman–Crippen MR) is 78.1 cm³/mol. The number of anilines is 1. The molecule has 1 N–H and O–H groups in total. The molecule has 0 aromatic heterocycles. The van der Waals surface area contributed by atoms with E-state index in [9.17, 15) is 26.0 Å². The molecular formula is C15H13F4NO2S. The molecule has 8 heteroatoms. The summed E-state index contributed by atoms with van der Waals surface area (Å²) in [5.41, 5.74) is -1.91. The highest BCUT2D eigenvalue weighted by molar-refractivity contribution is 7.92. The zero-order chi connectivity index (χ0) is 17.4. The fraction of sp³-hybridized carbons (Fsp3) is 0.200. The molecule has 2 rings (SSSR count). The molecule has 0 amide bonds. The molecule has 0 aliphatic rings. The zero-order valence-electron chi connectivity index (χ0n) is 12.2. The third-order valence-electron chi connectivity index (χ3n) is 3.26. The van der Waals surface area contributed by atoms with Gasteiger partial charge < -0.3 is 0 Å². The van der Waals surface area contributed by atoms with Crippen LogP contribution in [0.25, 0.3) is 0 Å². The second-order valence-electron chi connectivity index (χ2n) is 5.01. The van der Waals surface area contributed by atoms with Gasteiger partial charge >= 0.3 is 6.18 Å². The Morgan fingerprint density at radius 2 is 1.52 bits per heavy atom. The molecule has 0 aliphatic carbocycles. The summed E-state index contributed by atoms with van der Waals surface area (Å²) in [5.74, 6) is -1.06. The number of aryl methyl sites for hydroxylation is 1. The van der Waals surface area contributed by atoms with E-state index in [-0.39, 0.29) is 4.90 Å². The molecule has 2 aromatic carbocycles. The van der Waals surface area contributed by atoms with Gasteiger partial charge in [0, 0.05) is 0 Å². The molecule has 0 saturated heterocycles. The fourth-order valence-electron chi connectivity index (χ4n) is 2.06. The van der Waals surface area contributed by atoms with Gasteiger partial charge in [0.25, 0.3) is 10.0 Å². The Hall–Kier alpha value is -2.09. The van der Waals surface area contributed by atoms with Crippen LogP contribution in [0.15, 0.2) is 41.3 Å². The van der Waals surface area contributed by atoms with E-state index in [2.05, 4.69) is 0 Å². The molecule has 0 saturated carbocycles. The second-order valence-corrected chi connectivity index (χ2v) is 6.69. The molecule has 0 atom stereocenters. The molecule has 0 radical (unpaired) electrons. The van der Waals surface area contributed by atoms with Gasteiger partial charge in [-0.3, -0.25) is 4.72 Å². The average molecular weight is 347 g/mol. The lowest BCUT2D eigenvalue weighted by molar-refractivity contribution is -0.137. The van der Waals surface area contributed by atoms with Gasteiger partial charge in [-0.1, -0.05) is 17.7 Å². The van der Waals surface area contributed by atoms with E-state index in [1.54, 1.807) is 6.92 Å². The van der Waals surface area contributed by atoms with Crippen molar-refractivity contribution in [3.05, 3.63) is 58.9 Å². The van der Waals surface area contributed by atoms with Crippen molar-refractivity contribution < 1.29 is 26.0 Å². The highest BCUT2D eigenvalue weighted by Crippen LogP contribution is 2.38. The molecule has 0 fully saturated rings. The van der Waals surface area contributed by atoms with E-state index in [0.717, 1.165) is 24.6 Å². The van der Waals surface area contributed by atoms with Crippen LogP contribution < -0.4 is 4.72 Å². The minimum absolute atomic E-state index is 0.182. The van der Waals surface area contributed by atoms with Gasteiger partial charge in [0.15, 0.2) is 0 Å². The topological polar surface area (TPSA) is 46.2 Å². The first kappa shape index (κ1) is 17.3. The van der Waals surface area contributed by atoms with E-state index >= 15 is 0 Å². The van der Waals surface area contributed by atoms with E-state index in [1.165, 1.54) is 24.3 Å². The lowest BCUT2D eigenvalue weighted by Gasteiger charge is -2.17. The maximum absolute atomic E-state index is 13.4. The van der Waals surface area contributed by atoms with Crippen LogP contribution in [0, 0.1) is 19.7 Å². The Labute approximate surface area is 131 Å². The van der Waals surface area contributed by atoms with Crippen molar-refractivity contribution in [2.75, 3.05) is 4.72 Å². The summed E-state index contributed by atoms with van der Waals surface area (Å²) in [4.78, 5) is -0.182. The highest BCUT2D eigenvalue weighted by atomic mass is 32.2. The first-order valence-corrected chi connectivity index (χ1v) is 7.96. The molecule has 0 bridgehead atoms. The van der Waals surface area contributed by atoms with Crippen molar-refractivity contribution in [2.45, 2.75) is 24.9 Å². The van der Waals surface area contributed by atoms with Gasteiger partial charge in [0.1, 0.15) is 5.82 Å². The summed E-state index contributed by atoms with van der Waals surface area (Å²) in [7, 11) is -4.21. The van der Waals surface area contributed by atoms with Crippen LogP contribution in [0.4, 0.5) is 23.2 Å². The average Bonchev–Trinajstić information content (AvgIpc) is 2.41. The summed E-state index contributed by atoms with van der Waals surface area (Å²) in [6.45, 7) is 2.69. The first-order chi connectivity index (χ1) is 10.5. The molecule has 0 aliphatic heterocycles. The van der Waals surface area contributed by atoms with Crippen LogP contribution in [0.5, 0.6) is 0 Å². The predicted octanol–water partition coefficient (Wildman–Crippen LogP) is 4.26. The number of hydrogen-bond donors (Lipinski definition) is 1. The fourth-order valence-corrected chi connectivity index (χ4v) is 3.13. The van der Waals surface area contributed by atoms with Crippen molar-refractivity contribution in [1.29, 1.82) is 0 Å². The van der Waals surface area contributed by atoms with Crippen molar-refractivity contribution >= 4 is 15.7 Å². The molecule has 2 aromatic rings. The maximum Gasteiger partial charge on any atom is 0.418 e. The molecular weight excluding hydrogens is 334 g/mol. The van der Waals surface area contributed by atoms with Crippen molar-refractivity contribution in [3.63, 3.8) is 0 Å². The number of sulfonamides is 1. The lowest BCUT2D eigenvalue weighted by atomic mass is 10.1. The van der Waals surface area contributed by atoms with Crippen LogP contribution in [-0.4, -0.2) is 8.42 Å². The Kier molecular flexibility index (Phi) is 4.39. The molecule has 0 spiro atoms. The monoisotopic (exact) mass is 347 g/mol. The normalized spacial score (nSPS) is 12.3.